The molecule has 14 heavy (non-hydrogen) atoms. The summed E-state index contributed by atoms with van der Waals surface area (Å²) in [5.41, 5.74) is 0.774. The van der Waals surface area contributed by atoms with Crippen molar-refractivity contribution in [2.45, 2.75) is 19.8 Å². The van der Waals surface area contributed by atoms with Gasteiger partial charge in [0.25, 0.3) is 0 Å². The normalized spacial score (nSPS) is 12.3. The van der Waals surface area contributed by atoms with E-state index in [1.165, 1.54) is 0 Å². The number of Topliss-reactive ketones (excluding diaryl/α,β-unsaturated/α-hetero) is 1. The monoisotopic (exact) mass is 193 g/mol. The highest BCUT2D eigenvalue weighted by molar-refractivity contribution is 5.82. The first-order chi connectivity index (χ1) is 6.52. The molecule has 1 heterocycles. The third-order valence-electron chi connectivity index (χ3n) is 2.12. The zero-order valence-electron chi connectivity index (χ0n) is 8.98. The average Bonchev–Trinajstić information content (AvgIpc) is 2.16. The molecular formula is C10H15N3O. The average molecular weight is 193 g/mol. The molecule has 4 nitrogen and oxygen atoms in total. The fraction of sp³-hybridized carbons (Fsp3) is 0.500. The maximum Gasteiger partial charge on any atom is 0.225 e. The molecule has 0 aliphatic heterocycles. The number of ketones is 1. The van der Waals surface area contributed by atoms with Gasteiger partial charge in [-0.15, -0.1) is 0 Å². The largest absolute Gasteiger partial charge is 0.347 e. The Morgan fingerprint density at radius 1 is 1.50 bits per heavy atom. The van der Waals surface area contributed by atoms with Gasteiger partial charge in [0.05, 0.1) is 11.6 Å². The minimum atomic E-state index is -0.156. The highest BCUT2D eigenvalue weighted by Gasteiger charge is 2.13. The van der Waals surface area contributed by atoms with E-state index in [1.807, 2.05) is 25.9 Å². The first-order valence-corrected chi connectivity index (χ1v) is 4.53. The second kappa shape index (κ2) is 4.17. The van der Waals surface area contributed by atoms with Crippen molar-refractivity contribution < 1.29 is 4.79 Å². The Labute approximate surface area is 84.0 Å². The lowest BCUT2D eigenvalue weighted by atomic mass is 10.0. The molecule has 0 radical (unpaired) electrons. The molecule has 1 aromatic heterocycles. The zero-order chi connectivity index (χ0) is 10.7. The third-order valence-corrected chi connectivity index (χ3v) is 2.12. The highest BCUT2D eigenvalue weighted by atomic mass is 16.1. The van der Waals surface area contributed by atoms with Crippen LogP contribution in [0.25, 0.3) is 0 Å². The highest BCUT2D eigenvalue weighted by Crippen LogP contribution is 2.14. The SMILES string of the molecule is CC(=O)C(C)c1ccnc(N(C)C)n1. The second-order valence-electron chi connectivity index (χ2n) is 3.51. The van der Waals surface area contributed by atoms with Crippen molar-refractivity contribution in [2.75, 3.05) is 19.0 Å². The van der Waals surface area contributed by atoms with Gasteiger partial charge >= 0.3 is 0 Å². The molecule has 0 spiro atoms. The van der Waals surface area contributed by atoms with Gasteiger partial charge in [0.15, 0.2) is 0 Å². The molecule has 4 heteroatoms. The number of hydrogen-bond acceptors (Lipinski definition) is 4. The molecular weight excluding hydrogens is 178 g/mol. The van der Waals surface area contributed by atoms with Crippen LogP contribution >= 0.6 is 0 Å². The Bertz CT molecular complexity index is 336. The Morgan fingerprint density at radius 3 is 2.64 bits per heavy atom. The van der Waals surface area contributed by atoms with Crippen LogP contribution in [0.3, 0.4) is 0 Å². The van der Waals surface area contributed by atoms with Gasteiger partial charge in [0.2, 0.25) is 5.95 Å². The summed E-state index contributed by atoms with van der Waals surface area (Å²) in [5.74, 6) is 0.598. The summed E-state index contributed by atoms with van der Waals surface area (Å²) >= 11 is 0. The predicted molar refractivity (Wildman–Crippen MR) is 55.5 cm³/mol. The van der Waals surface area contributed by atoms with Crippen LogP contribution < -0.4 is 4.90 Å². The number of aromatic nitrogens is 2. The van der Waals surface area contributed by atoms with Crippen molar-refractivity contribution in [2.24, 2.45) is 0 Å². The molecule has 0 N–H and O–H groups in total. The van der Waals surface area contributed by atoms with E-state index >= 15 is 0 Å². The van der Waals surface area contributed by atoms with Crippen LogP contribution in [0.2, 0.25) is 0 Å². The molecule has 0 aromatic carbocycles. The lowest BCUT2D eigenvalue weighted by Gasteiger charge is -2.12. The lowest BCUT2D eigenvalue weighted by Crippen LogP contribution is -2.15. The van der Waals surface area contributed by atoms with Crippen molar-refractivity contribution in [3.63, 3.8) is 0 Å². The van der Waals surface area contributed by atoms with Gasteiger partial charge in [-0.2, -0.15) is 0 Å². The van der Waals surface area contributed by atoms with Crippen molar-refractivity contribution in [3.8, 4) is 0 Å². The minimum Gasteiger partial charge on any atom is -0.347 e. The number of rotatable bonds is 3. The van der Waals surface area contributed by atoms with E-state index in [-0.39, 0.29) is 11.7 Å². The summed E-state index contributed by atoms with van der Waals surface area (Å²) in [5, 5.41) is 0. The molecule has 1 aromatic rings. The van der Waals surface area contributed by atoms with E-state index in [0.29, 0.717) is 5.95 Å². The number of anilines is 1. The van der Waals surface area contributed by atoms with E-state index in [2.05, 4.69) is 9.97 Å². The number of nitrogens with zero attached hydrogens (tertiary/aromatic N) is 3. The van der Waals surface area contributed by atoms with Crippen molar-refractivity contribution in [1.29, 1.82) is 0 Å². The maximum absolute atomic E-state index is 11.2. The standard InChI is InChI=1S/C10H15N3O/c1-7(8(2)14)9-5-6-11-10(12-9)13(3)4/h5-7H,1-4H3. The molecule has 76 valence electrons. The number of hydrogen-bond donors (Lipinski definition) is 0. The number of carbonyl (C=O) groups is 1. The van der Waals surface area contributed by atoms with E-state index in [1.54, 1.807) is 19.2 Å². The summed E-state index contributed by atoms with van der Waals surface area (Å²) in [6, 6.07) is 1.78. The van der Waals surface area contributed by atoms with Crippen LogP contribution in [0, 0.1) is 0 Å². The zero-order valence-corrected chi connectivity index (χ0v) is 8.98. The fourth-order valence-corrected chi connectivity index (χ4v) is 1.03. The molecule has 0 bridgehead atoms. The Kier molecular flexibility index (Phi) is 3.17. The molecule has 1 unspecified atom stereocenters. The Morgan fingerprint density at radius 2 is 2.14 bits per heavy atom. The molecule has 0 saturated carbocycles. The Balaban J connectivity index is 2.99. The summed E-state index contributed by atoms with van der Waals surface area (Å²) < 4.78 is 0. The summed E-state index contributed by atoms with van der Waals surface area (Å²) in [7, 11) is 3.75. The van der Waals surface area contributed by atoms with Crippen LogP contribution in [0.15, 0.2) is 12.3 Å². The predicted octanol–water partition coefficient (Wildman–Crippen LogP) is 1.24. The maximum atomic E-state index is 11.2. The van der Waals surface area contributed by atoms with Crippen LogP contribution in [-0.2, 0) is 4.79 Å². The van der Waals surface area contributed by atoms with Crippen molar-refractivity contribution in [3.05, 3.63) is 18.0 Å². The fourth-order valence-electron chi connectivity index (χ4n) is 1.03. The summed E-state index contributed by atoms with van der Waals surface area (Å²) in [4.78, 5) is 21.3. The molecule has 0 aliphatic rings. The van der Waals surface area contributed by atoms with Gasteiger partial charge in [-0.3, -0.25) is 4.79 Å². The molecule has 0 amide bonds. The summed E-state index contributed by atoms with van der Waals surface area (Å²) in [6.45, 7) is 3.42. The van der Waals surface area contributed by atoms with E-state index in [0.717, 1.165) is 5.69 Å². The van der Waals surface area contributed by atoms with Gasteiger partial charge in [-0.1, -0.05) is 0 Å². The summed E-state index contributed by atoms with van der Waals surface area (Å²) in [6.07, 6.45) is 1.68. The minimum absolute atomic E-state index is 0.119. The molecule has 1 atom stereocenters. The van der Waals surface area contributed by atoms with Gasteiger partial charge in [0.1, 0.15) is 5.78 Å². The van der Waals surface area contributed by atoms with E-state index in [4.69, 9.17) is 0 Å². The van der Waals surface area contributed by atoms with Gasteiger partial charge in [-0.25, -0.2) is 9.97 Å². The second-order valence-corrected chi connectivity index (χ2v) is 3.51. The smallest absolute Gasteiger partial charge is 0.225 e. The topological polar surface area (TPSA) is 46.1 Å². The van der Waals surface area contributed by atoms with Crippen LogP contribution in [0.1, 0.15) is 25.5 Å². The number of carbonyl (C=O) groups excluding carboxylic acids is 1. The molecule has 0 aliphatic carbocycles. The van der Waals surface area contributed by atoms with Crippen LogP contribution in [-0.4, -0.2) is 29.8 Å². The molecule has 1 rings (SSSR count). The van der Waals surface area contributed by atoms with Gasteiger partial charge in [-0.05, 0) is 19.9 Å². The first kappa shape index (κ1) is 10.6. The van der Waals surface area contributed by atoms with E-state index < -0.39 is 0 Å². The van der Waals surface area contributed by atoms with Gasteiger partial charge in [0, 0.05) is 20.3 Å². The molecule has 0 saturated heterocycles. The first-order valence-electron chi connectivity index (χ1n) is 4.53. The van der Waals surface area contributed by atoms with E-state index in [9.17, 15) is 4.79 Å². The molecule has 0 fully saturated rings. The quantitative estimate of drug-likeness (QED) is 0.724. The van der Waals surface area contributed by atoms with Crippen molar-refractivity contribution in [1.82, 2.24) is 9.97 Å². The van der Waals surface area contributed by atoms with Crippen molar-refractivity contribution >= 4 is 11.7 Å². The van der Waals surface area contributed by atoms with Gasteiger partial charge < -0.3 is 4.90 Å². The Hall–Kier alpha value is -1.45. The van der Waals surface area contributed by atoms with Crippen LogP contribution in [0.4, 0.5) is 5.95 Å². The lowest BCUT2D eigenvalue weighted by molar-refractivity contribution is -0.118. The van der Waals surface area contributed by atoms with Crippen LogP contribution in [0.5, 0.6) is 0 Å². The third kappa shape index (κ3) is 2.28.